The third kappa shape index (κ3) is 9.96. The summed E-state index contributed by atoms with van der Waals surface area (Å²) in [5, 5.41) is 18.2. The molecule has 0 amide bonds. The second-order valence-corrected chi connectivity index (χ2v) is 24.4. The summed E-state index contributed by atoms with van der Waals surface area (Å²) in [6, 6.07) is 68.9. The first kappa shape index (κ1) is 61.8. The first-order valence-electron chi connectivity index (χ1n) is 31.1. The maximum atomic E-state index is 15.3. The zero-order valence-electron chi connectivity index (χ0n) is 52.5. The van der Waals surface area contributed by atoms with Crippen molar-refractivity contribution >= 4 is 98.6 Å². The van der Waals surface area contributed by atoms with Gasteiger partial charge in [0.2, 0.25) is 0 Å². The van der Waals surface area contributed by atoms with Crippen LogP contribution >= 0.6 is 0 Å². The Balaban J connectivity index is 0.000000160. The van der Waals surface area contributed by atoms with E-state index in [1.54, 1.807) is 6.07 Å². The fourth-order valence-corrected chi connectivity index (χ4v) is 14.4. The molecule has 0 aliphatic rings. The molecule has 0 radical (unpaired) electrons. The monoisotopic (exact) mass is 1300 g/mol. The molecule has 4 heterocycles. The van der Waals surface area contributed by atoms with Gasteiger partial charge in [0.15, 0.2) is 11.4 Å². The van der Waals surface area contributed by atoms with Crippen LogP contribution in [0.4, 0.5) is 50.9 Å². The van der Waals surface area contributed by atoms with E-state index in [0.717, 1.165) is 117 Å². The second-order valence-electron chi connectivity index (χ2n) is 24.4. The zero-order chi connectivity index (χ0) is 68.4. The van der Waals surface area contributed by atoms with Gasteiger partial charge in [-0.05, 0) is 152 Å². The van der Waals surface area contributed by atoms with Crippen molar-refractivity contribution in [3.8, 4) is 51.1 Å². The van der Waals surface area contributed by atoms with E-state index in [1.165, 1.54) is 12.1 Å². The number of nitriles is 1. The van der Waals surface area contributed by atoms with Crippen molar-refractivity contribution in [3.63, 3.8) is 0 Å². The Morgan fingerprint density at radius 2 is 0.622 bits per heavy atom. The first-order valence-corrected chi connectivity index (χ1v) is 31.1. The maximum absolute atomic E-state index is 15.3. The van der Waals surface area contributed by atoms with Gasteiger partial charge in [-0.25, -0.2) is 9.69 Å². The van der Waals surface area contributed by atoms with Crippen molar-refractivity contribution in [1.82, 2.24) is 18.3 Å². The molecular formula is C82H50F9N7. The summed E-state index contributed by atoms with van der Waals surface area (Å²) in [6.07, 6.45) is -14.5. The van der Waals surface area contributed by atoms with Gasteiger partial charge in [-0.3, -0.25) is 0 Å². The fraction of sp³-hybridized carbons (Fsp3) is 0.0854. The van der Waals surface area contributed by atoms with Crippen LogP contribution < -0.4 is 0 Å². The molecule has 0 spiro atoms. The maximum Gasteiger partial charge on any atom is 0.417 e. The summed E-state index contributed by atoms with van der Waals surface area (Å²) in [4.78, 5) is 6.53. The minimum Gasteiger partial charge on any atom is -0.307 e. The van der Waals surface area contributed by atoms with Gasteiger partial charge < -0.3 is 18.3 Å². The van der Waals surface area contributed by atoms with Crippen LogP contribution in [0.5, 0.6) is 0 Å². The standard InChI is InChI=1S/C41H25F6N3.C41H25F3N4/c1-23-10-8-14-30-28-12-4-6-16-34(28)49(38(23)30)36-21-32(25-18-26(40(42,43)44)20-27(19-25)48-3)33(41(45,46)47)22-37(36)50-35-17-7-5-13-29(35)31-15-9-11-24(2)39(31)50;1-24-10-8-14-32-30-12-4-6-16-35(30)47(39(24)32)37-20-27(23-45)34(26-18-28(41(42,43)44)21-29(19-26)46-3)22-38(37)48-36-17-7-5-13-31(36)33-15-9-11-25(2)40(33)48/h4-22H,1-2H3;4-22H,1-2H3. The van der Waals surface area contributed by atoms with E-state index in [0.29, 0.717) is 51.3 Å². The lowest BCUT2D eigenvalue weighted by Crippen LogP contribution is -2.13. The molecule has 0 saturated heterocycles. The average Bonchev–Trinajstić information content (AvgIpc) is 0.963. The van der Waals surface area contributed by atoms with E-state index >= 15 is 13.2 Å². The molecule has 0 fully saturated rings. The molecule has 476 valence electrons. The van der Waals surface area contributed by atoms with Crippen LogP contribution in [0.1, 0.15) is 44.5 Å². The van der Waals surface area contributed by atoms with Crippen molar-refractivity contribution in [2.45, 2.75) is 46.2 Å². The van der Waals surface area contributed by atoms with Crippen LogP contribution in [0.2, 0.25) is 0 Å². The molecule has 12 aromatic carbocycles. The highest BCUT2D eigenvalue weighted by Gasteiger charge is 2.38. The molecule has 0 N–H and O–H groups in total. The number of halogens is 9. The zero-order valence-corrected chi connectivity index (χ0v) is 52.5. The van der Waals surface area contributed by atoms with Crippen LogP contribution in [0.15, 0.2) is 231 Å². The Labute approximate surface area is 554 Å². The van der Waals surface area contributed by atoms with E-state index < -0.39 is 46.5 Å². The molecule has 0 bridgehead atoms. The number of aryl methyl sites for hydroxylation is 4. The number of fused-ring (bicyclic) bond motifs is 12. The lowest BCUT2D eigenvalue weighted by molar-refractivity contribution is -0.138. The topological polar surface area (TPSA) is 52.2 Å². The van der Waals surface area contributed by atoms with Crippen LogP contribution in [0.25, 0.3) is 142 Å². The highest BCUT2D eigenvalue weighted by Crippen LogP contribution is 2.49. The number of alkyl halides is 9. The van der Waals surface area contributed by atoms with Gasteiger partial charge in [-0.2, -0.15) is 44.8 Å². The highest BCUT2D eigenvalue weighted by atomic mass is 19.4. The summed E-state index contributed by atoms with van der Waals surface area (Å²) in [6.45, 7) is 22.9. The van der Waals surface area contributed by atoms with Gasteiger partial charge >= 0.3 is 18.5 Å². The van der Waals surface area contributed by atoms with Gasteiger partial charge in [0.1, 0.15) is 0 Å². The molecule has 7 nitrogen and oxygen atoms in total. The number of hydrogen-bond acceptors (Lipinski definition) is 1. The molecule has 16 heteroatoms. The normalized spacial score (nSPS) is 12.1. The molecule has 16 rings (SSSR count). The van der Waals surface area contributed by atoms with Crippen LogP contribution in [-0.2, 0) is 18.5 Å². The SMILES string of the molecule is [C-]#[N+]c1cc(-c2cc(-n3c4ccccc4c4cccc(C)c43)c(-n3c4ccccc4c4cccc(C)c43)cc2C#N)cc(C(F)(F)F)c1.[C-]#[N+]c1cc(-c2cc(-n3c4ccccc4c4cccc(C)c43)c(-n3c4ccccc4c4cccc(C)c43)cc2C(F)(F)F)cc(C(F)(F)F)c1. The molecule has 0 unspecified atom stereocenters. The number of rotatable bonds is 6. The molecular weight excluding hydrogens is 1250 g/mol. The number of aromatic nitrogens is 4. The number of para-hydroxylation sites is 8. The summed E-state index contributed by atoms with van der Waals surface area (Å²) in [5.41, 5.74) is 8.32. The molecule has 0 atom stereocenters. The summed E-state index contributed by atoms with van der Waals surface area (Å²) >= 11 is 0. The average molecular weight is 1300 g/mol. The molecule has 16 aromatic rings. The first-order chi connectivity index (χ1) is 47.1. The van der Waals surface area contributed by atoms with Gasteiger partial charge in [0.05, 0.1) is 97.2 Å². The van der Waals surface area contributed by atoms with Gasteiger partial charge in [-0.1, -0.05) is 146 Å². The third-order valence-electron chi connectivity index (χ3n) is 18.6. The van der Waals surface area contributed by atoms with E-state index in [2.05, 4.69) is 62.1 Å². The molecule has 0 aliphatic carbocycles. The predicted octanol–water partition coefficient (Wildman–Crippen LogP) is 24.4. The summed E-state index contributed by atoms with van der Waals surface area (Å²) in [5.74, 6) is 0. The minimum absolute atomic E-state index is 0.149. The van der Waals surface area contributed by atoms with Gasteiger partial charge in [-0.15, -0.1) is 0 Å². The Kier molecular flexibility index (Phi) is 14.5. The van der Waals surface area contributed by atoms with Crippen LogP contribution in [0.3, 0.4) is 0 Å². The second kappa shape index (κ2) is 23.0. The lowest BCUT2D eigenvalue weighted by Gasteiger charge is -2.23. The number of nitrogens with zero attached hydrogens (tertiary/aromatic N) is 7. The Hall–Kier alpha value is -12.3. The summed E-state index contributed by atoms with van der Waals surface area (Å²) < 4.78 is 139. The van der Waals surface area contributed by atoms with Crippen molar-refractivity contribution in [2.75, 3.05) is 0 Å². The number of benzene rings is 12. The largest absolute Gasteiger partial charge is 0.417 e. The van der Waals surface area contributed by atoms with E-state index in [-0.39, 0.29) is 28.1 Å². The van der Waals surface area contributed by atoms with E-state index in [1.807, 2.05) is 175 Å². The van der Waals surface area contributed by atoms with E-state index in [9.17, 15) is 31.6 Å². The van der Waals surface area contributed by atoms with Crippen molar-refractivity contribution < 1.29 is 39.5 Å². The van der Waals surface area contributed by atoms with Crippen LogP contribution in [-0.4, -0.2) is 18.3 Å². The van der Waals surface area contributed by atoms with Crippen molar-refractivity contribution in [2.24, 2.45) is 0 Å². The third-order valence-corrected chi connectivity index (χ3v) is 18.6. The van der Waals surface area contributed by atoms with Crippen LogP contribution in [0, 0.1) is 52.2 Å². The quantitative estimate of drug-likeness (QED) is 0.121. The smallest absolute Gasteiger partial charge is 0.307 e. The van der Waals surface area contributed by atoms with Gasteiger partial charge in [0.25, 0.3) is 0 Å². The fourth-order valence-electron chi connectivity index (χ4n) is 14.4. The Morgan fingerprint density at radius 3 is 0.939 bits per heavy atom. The van der Waals surface area contributed by atoms with Gasteiger partial charge in [0, 0.05) is 59.8 Å². The molecule has 4 aromatic heterocycles. The lowest BCUT2D eigenvalue weighted by atomic mass is 9.95. The summed E-state index contributed by atoms with van der Waals surface area (Å²) in [7, 11) is 0. The van der Waals surface area contributed by atoms with Crippen molar-refractivity contribution in [3.05, 3.63) is 298 Å². The van der Waals surface area contributed by atoms with Crippen molar-refractivity contribution in [1.29, 1.82) is 5.26 Å². The highest BCUT2D eigenvalue weighted by molar-refractivity contribution is 6.15. The minimum atomic E-state index is -4.97. The van der Waals surface area contributed by atoms with E-state index in [4.69, 9.17) is 13.1 Å². The molecule has 0 aliphatic heterocycles. The Morgan fingerprint density at radius 1 is 0.327 bits per heavy atom. The predicted molar refractivity (Wildman–Crippen MR) is 372 cm³/mol. The molecule has 0 saturated carbocycles. The molecule has 98 heavy (non-hydrogen) atoms. The Bertz CT molecular complexity index is 6190. The number of hydrogen-bond donors (Lipinski definition) is 0.